The van der Waals surface area contributed by atoms with Crippen molar-refractivity contribution in [3.8, 4) is 0 Å². The molecular weight excluding hydrogens is 350 g/mol. The highest BCUT2D eigenvalue weighted by Crippen LogP contribution is 2.28. The molecule has 0 fully saturated rings. The van der Waals surface area contributed by atoms with Gasteiger partial charge in [0.1, 0.15) is 11.7 Å². The van der Waals surface area contributed by atoms with E-state index in [0.717, 1.165) is 17.6 Å². The van der Waals surface area contributed by atoms with Crippen LogP contribution >= 0.6 is 11.6 Å². The van der Waals surface area contributed by atoms with E-state index in [9.17, 15) is 9.59 Å². The lowest BCUT2D eigenvalue weighted by Gasteiger charge is -2.08. The number of allylic oxidation sites excluding steroid dienone is 1. The van der Waals surface area contributed by atoms with Gasteiger partial charge in [-0.1, -0.05) is 30.3 Å². The van der Waals surface area contributed by atoms with E-state index < -0.39 is 0 Å². The Morgan fingerprint density at radius 3 is 2.81 bits per heavy atom. The Morgan fingerprint density at radius 2 is 2.04 bits per heavy atom. The molecule has 5 nitrogen and oxygen atoms in total. The predicted molar refractivity (Wildman–Crippen MR) is 104 cm³/mol. The quantitative estimate of drug-likeness (QED) is 0.722. The van der Waals surface area contributed by atoms with Gasteiger partial charge in [-0.15, -0.1) is 11.6 Å². The normalized spacial score (nSPS) is 14.6. The van der Waals surface area contributed by atoms with Crippen LogP contribution in [0.5, 0.6) is 0 Å². The van der Waals surface area contributed by atoms with Gasteiger partial charge in [-0.25, -0.2) is 4.98 Å². The van der Waals surface area contributed by atoms with Gasteiger partial charge in [0.25, 0.3) is 5.56 Å². The molecule has 0 saturated carbocycles. The number of carbonyl (C=O) groups is 1. The summed E-state index contributed by atoms with van der Waals surface area (Å²) in [4.78, 5) is 29.0. The van der Waals surface area contributed by atoms with E-state index in [0.29, 0.717) is 29.0 Å². The zero-order chi connectivity index (χ0) is 18.1. The van der Waals surface area contributed by atoms with Crippen LogP contribution in [0, 0.1) is 0 Å². The molecule has 1 amide bonds. The Balaban J connectivity index is 1.82. The van der Waals surface area contributed by atoms with Gasteiger partial charge in [-0.2, -0.15) is 0 Å². The maximum Gasteiger partial charge on any atom is 0.261 e. The summed E-state index contributed by atoms with van der Waals surface area (Å²) in [5, 5.41) is 3.23. The number of nitrogens with zero attached hydrogens (tertiary/aromatic N) is 2. The molecule has 1 N–H and O–H groups in total. The van der Waals surface area contributed by atoms with Crippen molar-refractivity contribution in [2.24, 2.45) is 0 Å². The van der Waals surface area contributed by atoms with Crippen LogP contribution in [0.25, 0.3) is 22.6 Å². The maximum atomic E-state index is 12.8. The van der Waals surface area contributed by atoms with Crippen LogP contribution in [-0.4, -0.2) is 21.3 Å². The first-order valence-electron chi connectivity index (χ1n) is 8.32. The molecule has 3 aromatic rings. The Kier molecular flexibility index (Phi) is 4.31. The zero-order valence-corrected chi connectivity index (χ0v) is 14.7. The van der Waals surface area contributed by atoms with E-state index >= 15 is 0 Å². The fourth-order valence-electron chi connectivity index (χ4n) is 3.18. The van der Waals surface area contributed by atoms with Crippen LogP contribution in [0.1, 0.15) is 17.8 Å². The molecule has 1 aliphatic rings. The summed E-state index contributed by atoms with van der Waals surface area (Å²) in [5.74, 6) is 0.267. The van der Waals surface area contributed by atoms with Crippen LogP contribution in [0.4, 0.5) is 5.69 Å². The number of rotatable bonds is 3. The van der Waals surface area contributed by atoms with Gasteiger partial charge in [0.2, 0.25) is 5.91 Å². The number of amides is 1. The number of hydrogen-bond donors (Lipinski definition) is 1. The first-order valence-corrected chi connectivity index (χ1v) is 8.85. The Labute approximate surface area is 154 Å². The number of aromatic nitrogens is 2. The standard InChI is InChI=1S/C20H16ClN3O2/c21-12-18(25)22-15-6-7-16-17(11-15)23-19-14(8-9-24(19)20(16)26)10-13-4-2-1-3-5-13/h1-7,10-11H,8-9,12H2,(H,22,25). The number of hydrogen-bond acceptors (Lipinski definition) is 3. The van der Waals surface area contributed by atoms with Crippen LogP contribution in [0.2, 0.25) is 0 Å². The fraction of sp³-hybridized carbons (Fsp3) is 0.150. The zero-order valence-electron chi connectivity index (χ0n) is 13.9. The van der Waals surface area contributed by atoms with Crippen LogP contribution in [-0.2, 0) is 11.3 Å². The Hall–Kier alpha value is -2.92. The van der Waals surface area contributed by atoms with E-state index in [-0.39, 0.29) is 17.3 Å². The largest absolute Gasteiger partial charge is 0.325 e. The maximum absolute atomic E-state index is 12.8. The lowest BCUT2D eigenvalue weighted by Crippen LogP contribution is -2.21. The first kappa shape index (κ1) is 16.5. The van der Waals surface area contributed by atoms with Crippen molar-refractivity contribution in [3.05, 3.63) is 70.3 Å². The Bertz CT molecular complexity index is 1090. The first-order chi connectivity index (χ1) is 12.7. The van der Waals surface area contributed by atoms with E-state index in [1.54, 1.807) is 22.8 Å². The van der Waals surface area contributed by atoms with Gasteiger partial charge >= 0.3 is 0 Å². The number of anilines is 1. The van der Waals surface area contributed by atoms with E-state index in [1.807, 2.05) is 30.3 Å². The summed E-state index contributed by atoms with van der Waals surface area (Å²) in [6, 6.07) is 15.1. The summed E-state index contributed by atoms with van der Waals surface area (Å²) in [6.45, 7) is 0.626. The minimum absolute atomic E-state index is 0.0586. The molecule has 6 heteroatoms. The van der Waals surface area contributed by atoms with E-state index in [4.69, 9.17) is 16.6 Å². The lowest BCUT2D eigenvalue weighted by atomic mass is 10.1. The van der Waals surface area contributed by atoms with Crippen molar-refractivity contribution in [1.82, 2.24) is 9.55 Å². The number of halogens is 1. The molecule has 1 aromatic heterocycles. The molecule has 0 atom stereocenters. The third-order valence-electron chi connectivity index (χ3n) is 4.39. The highest BCUT2D eigenvalue weighted by molar-refractivity contribution is 6.29. The summed E-state index contributed by atoms with van der Waals surface area (Å²) in [7, 11) is 0. The monoisotopic (exact) mass is 365 g/mol. The number of benzene rings is 2. The molecule has 0 bridgehead atoms. The van der Waals surface area contributed by atoms with Gasteiger partial charge in [0.15, 0.2) is 0 Å². The number of carbonyl (C=O) groups excluding carboxylic acids is 1. The molecule has 4 rings (SSSR count). The Morgan fingerprint density at radius 1 is 1.23 bits per heavy atom. The molecule has 130 valence electrons. The smallest absolute Gasteiger partial charge is 0.261 e. The molecule has 0 unspecified atom stereocenters. The molecule has 26 heavy (non-hydrogen) atoms. The van der Waals surface area contributed by atoms with Crippen molar-refractivity contribution in [3.63, 3.8) is 0 Å². The van der Waals surface area contributed by atoms with Gasteiger partial charge in [0.05, 0.1) is 10.9 Å². The van der Waals surface area contributed by atoms with Crippen molar-refractivity contribution < 1.29 is 4.79 Å². The van der Waals surface area contributed by atoms with Crippen LogP contribution < -0.4 is 10.9 Å². The number of alkyl halides is 1. The fourth-order valence-corrected chi connectivity index (χ4v) is 3.24. The van der Waals surface area contributed by atoms with Crippen molar-refractivity contribution >= 4 is 45.7 Å². The van der Waals surface area contributed by atoms with Crippen molar-refractivity contribution in [2.75, 3.05) is 11.2 Å². The van der Waals surface area contributed by atoms with Crippen molar-refractivity contribution in [1.29, 1.82) is 0 Å². The van der Waals surface area contributed by atoms with Crippen LogP contribution in [0.15, 0.2) is 53.3 Å². The van der Waals surface area contributed by atoms with E-state index in [1.165, 1.54) is 0 Å². The van der Waals surface area contributed by atoms with Gasteiger partial charge < -0.3 is 5.32 Å². The summed E-state index contributed by atoms with van der Waals surface area (Å²) in [6.07, 6.45) is 2.83. The summed E-state index contributed by atoms with van der Waals surface area (Å²) in [5.41, 5.74) is 3.19. The van der Waals surface area contributed by atoms with Gasteiger partial charge in [-0.05, 0) is 41.8 Å². The number of fused-ring (bicyclic) bond motifs is 2. The predicted octanol–water partition coefficient (Wildman–Crippen LogP) is 3.52. The third-order valence-corrected chi connectivity index (χ3v) is 4.64. The molecule has 0 spiro atoms. The third kappa shape index (κ3) is 3.02. The SMILES string of the molecule is O=C(CCl)Nc1ccc2c(=O)n3c(nc2c1)C(=Cc1ccccc1)CC3. The lowest BCUT2D eigenvalue weighted by molar-refractivity contribution is -0.113. The topological polar surface area (TPSA) is 64.0 Å². The molecule has 0 aliphatic carbocycles. The molecule has 2 heterocycles. The summed E-state index contributed by atoms with van der Waals surface area (Å²) >= 11 is 5.53. The average molecular weight is 366 g/mol. The van der Waals surface area contributed by atoms with Gasteiger partial charge in [-0.3, -0.25) is 14.2 Å². The van der Waals surface area contributed by atoms with Crippen molar-refractivity contribution in [2.45, 2.75) is 13.0 Å². The molecule has 0 saturated heterocycles. The molecule has 0 radical (unpaired) electrons. The molecular formula is C20H16ClN3O2. The highest BCUT2D eigenvalue weighted by Gasteiger charge is 2.21. The van der Waals surface area contributed by atoms with E-state index in [2.05, 4.69) is 11.4 Å². The minimum atomic E-state index is -0.298. The number of nitrogens with one attached hydrogen (secondary N) is 1. The average Bonchev–Trinajstić information content (AvgIpc) is 3.05. The summed E-state index contributed by atoms with van der Waals surface area (Å²) < 4.78 is 1.72. The minimum Gasteiger partial charge on any atom is -0.325 e. The molecule has 1 aliphatic heterocycles. The van der Waals surface area contributed by atoms with Gasteiger partial charge in [0, 0.05) is 12.2 Å². The van der Waals surface area contributed by atoms with Crippen LogP contribution in [0.3, 0.4) is 0 Å². The second kappa shape index (κ2) is 6.77. The second-order valence-corrected chi connectivity index (χ2v) is 6.40. The molecule has 2 aromatic carbocycles. The highest BCUT2D eigenvalue weighted by atomic mass is 35.5. The second-order valence-electron chi connectivity index (χ2n) is 6.14.